The fourth-order valence-electron chi connectivity index (χ4n) is 3.40. The van der Waals surface area contributed by atoms with E-state index < -0.39 is 11.8 Å². The van der Waals surface area contributed by atoms with Crippen molar-refractivity contribution in [1.82, 2.24) is 5.32 Å². The van der Waals surface area contributed by atoms with E-state index in [1.807, 2.05) is 0 Å². The maximum Gasteiger partial charge on any atom is 0.272 e. The number of hydrogen-bond donors (Lipinski definition) is 3. The van der Waals surface area contributed by atoms with Crippen LogP contribution in [0, 0.1) is 5.82 Å². The van der Waals surface area contributed by atoms with Crippen LogP contribution in [0.4, 0.5) is 15.8 Å². The third-order valence-electron chi connectivity index (χ3n) is 5.34. The van der Waals surface area contributed by atoms with Crippen LogP contribution in [0.5, 0.6) is 0 Å². The summed E-state index contributed by atoms with van der Waals surface area (Å²) in [4.78, 5) is 38.9. The molecule has 0 aromatic heterocycles. The Bertz CT molecular complexity index is 1490. The predicted molar refractivity (Wildman–Crippen MR) is 154 cm³/mol. The Morgan fingerprint density at radius 1 is 0.769 bits per heavy atom. The van der Waals surface area contributed by atoms with Crippen LogP contribution in [0.25, 0.3) is 6.08 Å². The van der Waals surface area contributed by atoms with E-state index in [0.29, 0.717) is 27.5 Å². The first-order valence-electron chi connectivity index (χ1n) is 11.8. The molecular weight excluding hydrogens is 537 g/mol. The SMILES string of the molecule is O=C(CSc1ccc(NC(=O)/C(=C/c2ccccc2Cl)NC(=O)c2ccccc2)cc1)Nc1ccc(F)cc1. The molecular formula is C30H23ClFN3O3S. The quantitative estimate of drug-likeness (QED) is 0.159. The first-order valence-corrected chi connectivity index (χ1v) is 13.2. The lowest BCUT2D eigenvalue weighted by molar-refractivity contribution is -0.114. The highest BCUT2D eigenvalue weighted by molar-refractivity contribution is 8.00. The van der Waals surface area contributed by atoms with E-state index in [9.17, 15) is 18.8 Å². The Kier molecular flexibility index (Phi) is 9.50. The zero-order valence-corrected chi connectivity index (χ0v) is 22.1. The number of amides is 3. The molecule has 3 amide bonds. The summed E-state index contributed by atoms with van der Waals surface area (Å²) in [5.41, 5.74) is 2.01. The minimum absolute atomic E-state index is 0.0212. The zero-order chi connectivity index (χ0) is 27.6. The van der Waals surface area contributed by atoms with Crippen LogP contribution in [0.3, 0.4) is 0 Å². The monoisotopic (exact) mass is 559 g/mol. The molecule has 0 unspecified atom stereocenters. The molecule has 6 nitrogen and oxygen atoms in total. The summed E-state index contributed by atoms with van der Waals surface area (Å²) in [6.07, 6.45) is 1.52. The van der Waals surface area contributed by atoms with Crippen LogP contribution < -0.4 is 16.0 Å². The summed E-state index contributed by atoms with van der Waals surface area (Å²) in [7, 11) is 0. The second kappa shape index (κ2) is 13.4. The summed E-state index contributed by atoms with van der Waals surface area (Å²) >= 11 is 7.59. The highest BCUT2D eigenvalue weighted by Crippen LogP contribution is 2.22. The first kappa shape index (κ1) is 27.6. The fourth-order valence-corrected chi connectivity index (χ4v) is 4.29. The zero-order valence-electron chi connectivity index (χ0n) is 20.5. The lowest BCUT2D eigenvalue weighted by Crippen LogP contribution is -2.30. The van der Waals surface area contributed by atoms with Gasteiger partial charge < -0.3 is 16.0 Å². The normalized spacial score (nSPS) is 11.0. The average molecular weight is 560 g/mol. The summed E-state index contributed by atoms with van der Waals surface area (Å²) < 4.78 is 13.0. The number of rotatable bonds is 9. The van der Waals surface area contributed by atoms with Crippen molar-refractivity contribution in [3.05, 3.63) is 131 Å². The van der Waals surface area contributed by atoms with E-state index in [0.717, 1.165) is 4.90 Å². The number of halogens is 2. The van der Waals surface area contributed by atoms with Gasteiger partial charge in [-0.15, -0.1) is 11.8 Å². The number of benzene rings is 4. The number of carbonyl (C=O) groups excluding carboxylic acids is 3. The lowest BCUT2D eigenvalue weighted by Gasteiger charge is -2.12. The molecule has 0 aliphatic carbocycles. The van der Waals surface area contributed by atoms with Crippen molar-refractivity contribution in [2.45, 2.75) is 4.90 Å². The highest BCUT2D eigenvalue weighted by Gasteiger charge is 2.16. The van der Waals surface area contributed by atoms with Crippen molar-refractivity contribution in [3.8, 4) is 0 Å². The molecule has 0 saturated heterocycles. The summed E-state index contributed by atoms with van der Waals surface area (Å²) in [5, 5.41) is 8.60. The van der Waals surface area contributed by atoms with E-state index in [1.165, 1.54) is 42.1 Å². The minimum Gasteiger partial charge on any atom is -0.325 e. The number of carbonyl (C=O) groups is 3. The maximum atomic E-state index is 13.2. The highest BCUT2D eigenvalue weighted by atomic mass is 35.5. The van der Waals surface area contributed by atoms with Gasteiger partial charge in [0.05, 0.1) is 5.75 Å². The predicted octanol–water partition coefficient (Wildman–Crippen LogP) is 6.62. The van der Waals surface area contributed by atoms with Gasteiger partial charge >= 0.3 is 0 Å². The molecule has 4 aromatic carbocycles. The second-order valence-corrected chi connectivity index (χ2v) is 9.68. The number of anilines is 2. The van der Waals surface area contributed by atoms with Gasteiger partial charge in [0.25, 0.3) is 11.8 Å². The van der Waals surface area contributed by atoms with Crippen molar-refractivity contribution in [1.29, 1.82) is 0 Å². The Hall–Kier alpha value is -4.40. The molecule has 3 N–H and O–H groups in total. The van der Waals surface area contributed by atoms with E-state index in [1.54, 1.807) is 78.9 Å². The van der Waals surface area contributed by atoms with E-state index >= 15 is 0 Å². The molecule has 4 rings (SSSR count). The number of hydrogen-bond acceptors (Lipinski definition) is 4. The Morgan fingerprint density at radius 3 is 2.08 bits per heavy atom. The third-order valence-corrected chi connectivity index (χ3v) is 6.70. The van der Waals surface area contributed by atoms with Gasteiger partial charge in [-0.1, -0.05) is 48.0 Å². The van der Waals surface area contributed by atoms with Gasteiger partial charge in [-0.3, -0.25) is 14.4 Å². The summed E-state index contributed by atoms with van der Waals surface area (Å²) in [6, 6.07) is 28.0. The van der Waals surface area contributed by atoms with Crippen LogP contribution >= 0.6 is 23.4 Å². The van der Waals surface area contributed by atoms with Crippen LogP contribution in [-0.2, 0) is 9.59 Å². The molecule has 9 heteroatoms. The topological polar surface area (TPSA) is 87.3 Å². The van der Waals surface area contributed by atoms with Gasteiger partial charge in [0.2, 0.25) is 5.91 Å². The minimum atomic E-state index is -0.529. The Morgan fingerprint density at radius 2 is 1.38 bits per heavy atom. The van der Waals surface area contributed by atoms with Crippen molar-refractivity contribution in [3.63, 3.8) is 0 Å². The lowest BCUT2D eigenvalue weighted by atomic mass is 10.1. The van der Waals surface area contributed by atoms with Gasteiger partial charge in [-0.25, -0.2) is 4.39 Å². The molecule has 0 saturated carbocycles. The van der Waals surface area contributed by atoms with Crippen LogP contribution in [0.2, 0.25) is 5.02 Å². The molecule has 0 heterocycles. The average Bonchev–Trinajstić information content (AvgIpc) is 2.95. The van der Waals surface area contributed by atoms with Crippen molar-refractivity contribution in [2.75, 3.05) is 16.4 Å². The molecule has 196 valence electrons. The van der Waals surface area contributed by atoms with Crippen molar-refractivity contribution < 1.29 is 18.8 Å². The van der Waals surface area contributed by atoms with Crippen molar-refractivity contribution >= 4 is 58.5 Å². The molecule has 0 aliphatic rings. The summed E-state index contributed by atoms with van der Waals surface area (Å²) in [5.74, 6) is -1.42. The van der Waals surface area contributed by atoms with Gasteiger partial charge in [0.15, 0.2) is 0 Å². The van der Waals surface area contributed by atoms with E-state index in [2.05, 4.69) is 16.0 Å². The molecule has 0 radical (unpaired) electrons. The van der Waals surface area contributed by atoms with Crippen LogP contribution in [0.15, 0.2) is 114 Å². The molecule has 0 fully saturated rings. The molecule has 39 heavy (non-hydrogen) atoms. The molecule has 0 atom stereocenters. The van der Waals surface area contributed by atoms with Gasteiger partial charge in [0, 0.05) is 26.9 Å². The van der Waals surface area contributed by atoms with Gasteiger partial charge in [-0.05, 0) is 78.4 Å². The van der Waals surface area contributed by atoms with Crippen LogP contribution in [-0.4, -0.2) is 23.5 Å². The van der Waals surface area contributed by atoms with E-state index in [4.69, 9.17) is 11.6 Å². The van der Waals surface area contributed by atoms with Gasteiger partial charge in [0.1, 0.15) is 11.5 Å². The van der Waals surface area contributed by atoms with Crippen LogP contribution in [0.1, 0.15) is 15.9 Å². The molecule has 0 aliphatic heterocycles. The van der Waals surface area contributed by atoms with E-state index in [-0.39, 0.29) is 23.2 Å². The fraction of sp³-hybridized carbons (Fsp3) is 0.0333. The number of nitrogens with one attached hydrogen (secondary N) is 3. The Labute approximate surface area is 234 Å². The molecule has 0 bridgehead atoms. The first-order chi connectivity index (χ1) is 18.9. The van der Waals surface area contributed by atoms with Gasteiger partial charge in [-0.2, -0.15) is 0 Å². The molecule has 0 spiro atoms. The Balaban J connectivity index is 1.40. The number of thioether (sulfide) groups is 1. The molecule has 4 aromatic rings. The third kappa shape index (κ3) is 8.29. The second-order valence-electron chi connectivity index (χ2n) is 8.22. The maximum absolute atomic E-state index is 13.2. The summed E-state index contributed by atoms with van der Waals surface area (Å²) in [6.45, 7) is 0. The van der Waals surface area contributed by atoms with Crippen molar-refractivity contribution in [2.24, 2.45) is 0 Å². The largest absolute Gasteiger partial charge is 0.325 e. The standard InChI is InChI=1S/C30H23ClFN3O3S/c31-26-9-5-4-8-21(26)18-27(35-29(37)20-6-2-1-3-7-20)30(38)34-24-14-16-25(17-15-24)39-19-28(36)33-23-12-10-22(32)11-13-23/h1-18H,19H2,(H,33,36)(H,34,38)(H,35,37)/b27-18-. The smallest absolute Gasteiger partial charge is 0.272 e.